The highest BCUT2D eigenvalue weighted by Gasteiger charge is 2.14. The second kappa shape index (κ2) is 5.82. The summed E-state index contributed by atoms with van der Waals surface area (Å²) in [4.78, 5) is 18.2. The maximum Gasteiger partial charge on any atom is 0.263 e. The minimum atomic E-state index is 0.00720. The molecule has 0 bridgehead atoms. The Kier molecular flexibility index (Phi) is 4.02. The average Bonchev–Trinajstić information content (AvgIpc) is 2.81. The highest BCUT2D eigenvalue weighted by Crippen LogP contribution is 2.27. The number of rotatable bonds is 3. The van der Waals surface area contributed by atoms with Crippen LogP contribution >= 0.6 is 23.6 Å². The Labute approximate surface area is 138 Å². The Morgan fingerprint density at radius 1 is 1.23 bits per heavy atom. The van der Waals surface area contributed by atoms with Crippen LogP contribution in [0.4, 0.5) is 0 Å². The Morgan fingerprint density at radius 2 is 1.91 bits per heavy atom. The van der Waals surface area contributed by atoms with Gasteiger partial charge >= 0.3 is 0 Å². The number of aromatic amines is 1. The van der Waals surface area contributed by atoms with Crippen LogP contribution in [0.3, 0.4) is 0 Å². The molecule has 3 nitrogen and oxygen atoms in total. The third-order valence-electron chi connectivity index (χ3n) is 3.95. The number of hydrogen-bond donors (Lipinski definition) is 1. The zero-order chi connectivity index (χ0) is 15.9. The molecule has 1 aromatic carbocycles. The van der Waals surface area contributed by atoms with Crippen molar-refractivity contribution in [1.82, 2.24) is 9.55 Å². The molecule has 0 unspecified atom stereocenters. The highest BCUT2D eigenvalue weighted by atomic mass is 32.1. The van der Waals surface area contributed by atoms with E-state index in [-0.39, 0.29) is 5.56 Å². The predicted molar refractivity (Wildman–Crippen MR) is 95.7 cm³/mol. The molecule has 0 saturated carbocycles. The van der Waals surface area contributed by atoms with Gasteiger partial charge in [-0.05, 0) is 43.6 Å². The van der Waals surface area contributed by atoms with E-state index < -0.39 is 0 Å². The molecule has 5 heteroatoms. The lowest BCUT2D eigenvalue weighted by atomic mass is 10.1. The normalized spacial score (nSPS) is 11.2. The number of nitrogens with zero attached hydrogens (tertiary/aromatic N) is 1. The maximum atomic E-state index is 12.9. The van der Waals surface area contributed by atoms with Crippen molar-refractivity contribution in [3.05, 3.63) is 61.0 Å². The monoisotopic (exact) mass is 330 g/mol. The van der Waals surface area contributed by atoms with Crippen LogP contribution in [0, 0.1) is 18.6 Å². The van der Waals surface area contributed by atoms with Crippen molar-refractivity contribution in [1.29, 1.82) is 0 Å². The van der Waals surface area contributed by atoms with E-state index >= 15 is 0 Å². The third-order valence-corrected chi connectivity index (χ3v) is 5.63. The fraction of sp³-hybridized carbons (Fsp3) is 0.294. The first kappa shape index (κ1) is 15.2. The van der Waals surface area contributed by atoms with E-state index in [1.807, 2.05) is 19.1 Å². The molecular weight excluding hydrogens is 312 g/mol. The molecule has 22 heavy (non-hydrogen) atoms. The molecule has 0 aliphatic rings. The number of benzene rings is 1. The summed E-state index contributed by atoms with van der Waals surface area (Å²) in [6, 6.07) is 8.19. The van der Waals surface area contributed by atoms with Gasteiger partial charge in [0.25, 0.3) is 5.56 Å². The number of aromatic nitrogens is 2. The van der Waals surface area contributed by atoms with Crippen LogP contribution in [0.1, 0.15) is 28.5 Å². The van der Waals surface area contributed by atoms with Crippen LogP contribution in [0.2, 0.25) is 0 Å². The largest absolute Gasteiger partial charge is 0.323 e. The maximum absolute atomic E-state index is 12.9. The second-order valence-electron chi connectivity index (χ2n) is 5.51. The van der Waals surface area contributed by atoms with Crippen LogP contribution in [0.5, 0.6) is 0 Å². The number of H-pyrrole nitrogens is 1. The van der Waals surface area contributed by atoms with E-state index in [0.29, 0.717) is 11.3 Å². The molecule has 114 valence electrons. The number of thiophene rings is 1. The van der Waals surface area contributed by atoms with Crippen LogP contribution in [0.15, 0.2) is 29.1 Å². The topological polar surface area (TPSA) is 37.8 Å². The zero-order valence-corrected chi connectivity index (χ0v) is 14.5. The Bertz CT molecular complexity index is 946. The summed E-state index contributed by atoms with van der Waals surface area (Å²) >= 11 is 7.03. The Hall–Kier alpha value is -1.72. The Morgan fingerprint density at radius 3 is 2.55 bits per heavy atom. The van der Waals surface area contributed by atoms with Gasteiger partial charge in [-0.25, -0.2) is 0 Å². The molecule has 3 rings (SSSR count). The molecule has 0 spiro atoms. The first-order valence-electron chi connectivity index (χ1n) is 7.32. The summed E-state index contributed by atoms with van der Waals surface area (Å²) < 4.78 is 2.14. The predicted octanol–water partition coefficient (Wildman–Crippen LogP) is 4.35. The molecule has 0 aliphatic carbocycles. The number of hydrogen-bond acceptors (Lipinski definition) is 3. The first-order valence-corrected chi connectivity index (χ1v) is 8.54. The molecule has 1 N–H and O–H groups in total. The van der Waals surface area contributed by atoms with Crippen molar-refractivity contribution in [2.24, 2.45) is 0 Å². The van der Waals surface area contributed by atoms with Gasteiger partial charge in [0.15, 0.2) is 4.77 Å². The molecule has 0 atom stereocenters. The van der Waals surface area contributed by atoms with Crippen molar-refractivity contribution in [3.8, 4) is 0 Å². The number of aryl methyl sites for hydroxylation is 3. The standard InChI is InChI=1S/C17H18N2OS2/c1-4-13-11(3)14-15(22-13)18-17(21)19(16(14)20)9-12-7-5-10(2)6-8-12/h5-8H,4,9H2,1-3H3,(H,18,21). The van der Waals surface area contributed by atoms with Gasteiger partial charge in [0.2, 0.25) is 0 Å². The van der Waals surface area contributed by atoms with Crippen molar-refractivity contribution in [3.63, 3.8) is 0 Å². The van der Waals surface area contributed by atoms with Crippen molar-refractivity contribution < 1.29 is 0 Å². The van der Waals surface area contributed by atoms with E-state index in [9.17, 15) is 4.79 Å². The lowest BCUT2D eigenvalue weighted by Crippen LogP contribution is -2.22. The smallest absolute Gasteiger partial charge is 0.263 e. The summed E-state index contributed by atoms with van der Waals surface area (Å²) in [5, 5.41) is 0.780. The molecule has 0 aliphatic heterocycles. The van der Waals surface area contributed by atoms with Gasteiger partial charge in [0.1, 0.15) is 4.83 Å². The Balaban J connectivity index is 2.17. The fourth-order valence-electron chi connectivity index (χ4n) is 2.65. The van der Waals surface area contributed by atoms with E-state index in [0.717, 1.165) is 27.8 Å². The summed E-state index contributed by atoms with van der Waals surface area (Å²) in [6.45, 7) is 6.68. The molecule has 0 saturated heterocycles. The molecule has 3 aromatic rings. The van der Waals surface area contributed by atoms with Gasteiger partial charge in [-0.2, -0.15) is 0 Å². The van der Waals surface area contributed by atoms with E-state index in [2.05, 4.69) is 31.0 Å². The summed E-state index contributed by atoms with van der Waals surface area (Å²) in [5.74, 6) is 0. The van der Waals surface area contributed by atoms with Gasteiger partial charge < -0.3 is 4.98 Å². The molecular formula is C17H18N2OS2. The van der Waals surface area contributed by atoms with Crippen LogP contribution < -0.4 is 5.56 Å². The van der Waals surface area contributed by atoms with Crippen LogP contribution in [-0.4, -0.2) is 9.55 Å². The molecule has 0 fully saturated rings. The zero-order valence-electron chi connectivity index (χ0n) is 12.9. The molecule has 0 radical (unpaired) electrons. The van der Waals surface area contributed by atoms with E-state index in [1.54, 1.807) is 15.9 Å². The van der Waals surface area contributed by atoms with Gasteiger partial charge in [-0.3, -0.25) is 9.36 Å². The minimum absolute atomic E-state index is 0.00720. The third kappa shape index (κ3) is 2.55. The minimum Gasteiger partial charge on any atom is -0.323 e. The first-order chi connectivity index (χ1) is 10.5. The lowest BCUT2D eigenvalue weighted by Gasteiger charge is -2.07. The van der Waals surface area contributed by atoms with Gasteiger partial charge in [0.05, 0.1) is 11.9 Å². The number of fused-ring (bicyclic) bond motifs is 1. The van der Waals surface area contributed by atoms with Crippen molar-refractivity contribution in [2.75, 3.05) is 0 Å². The SMILES string of the molecule is CCc1sc2[nH]c(=S)n(Cc3ccc(C)cc3)c(=O)c2c1C. The number of nitrogens with one attached hydrogen (secondary N) is 1. The van der Waals surface area contributed by atoms with Crippen molar-refractivity contribution >= 4 is 33.8 Å². The molecule has 2 heterocycles. The summed E-state index contributed by atoms with van der Waals surface area (Å²) in [7, 11) is 0. The fourth-order valence-corrected chi connectivity index (χ4v) is 4.11. The quantitative estimate of drug-likeness (QED) is 0.725. The van der Waals surface area contributed by atoms with Crippen LogP contribution in [0.25, 0.3) is 10.2 Å². The van der Waals surface area contributed by atoms with Crippen LogP contribution in [-0.2, 0) is 13.0 Å². The van der Waals surface area contributed by atoms with E-state index in [4.69, 9.17) is 12.2 Å². The van der Waals surface area contributed by atoms with Gasteiger partial charge in [-0.15, -0.1) is 11.3 Å². The summed E-state index contributed by atoms with van der Waals surface area (Å²) in [6.07, 6.45) is 0.934. The second-order valence-corrected chi connectivity index (χ2v) is 7.01. The van der Waals surface area contributed by atoms with Gasteiger partial charge in [-0.1, -0.05) is 36.8 Å². The van der Waals surface area contributed by atoms with Gasteiger partial charge in [0, 0.05) is 4.88 Å². The summed E-state index contributed by atoms with van der Waals surface area (Å²) in [5.41, 5.74) is 3.37. The highest BCUT2D eigenvalue weighted by molar-refractivity contribution is 7.71. The van der Waals surface area contributed by atoms with E-state index in [1.165, 1.54) is 10.4 Å². The molecule has 2 aromatic heterocycles. The molecule has 0 amide bonds. The average molecular weight is 330 g/mol. The lowest BCUT2D eigenvalue weighted by molar-refractivity contribution is 0.735. The van der Waals surface area contributed by atoms with Crippen molar-refractivity contribution in [2.45, 2.75) is 33.7 Å².